The number of amides is 1. The molecule has 1 amide bonds. The highest BCUT2D eigenvalue weighted by Crippen LogP contribution is 2.07. The number of nitrogens with two attached hydrogens (primary N) is 1. The van der Waals surface area contributed by atoms with Crippen LogP contribution in [0.25, 0.3) is 0 Å². The molecule has 0 aliphatic rings. The number of aliphatic hydroxyl groups is 2. The lowest BCUT2D eigenvalue weighted by Crippen LogP contribution is -2.46. The van der Waals surface area contributed by atoms with Gasteiger partial charge in [-0.05, 0) is 12.2 Å². The van der Waals surface area contributed by atoms with E-state index in [4.69, 9.17) is 26.2 Å². The molecule has 0 aliphatic carbocycles. The number of aliphatic hydroxyl groups excluding tert-OH is 2. The van der Waals surface area contributed by atoms with Crippen LogP contribution in [0.1, 0.15) is 6.42 Å². The van der Waals surface area contributed by atoms with Crippen molar-refractivity contribution in [1.82, 2.24) is 5.32 Å². The second kappa shape index (κ2) is 9.53. The Hall–Kier alpha value is -1.36. The van der Waals surface area contributed by atoms with Gasteiger partial charge in [-0.1, -0.05) is 0 Å². The first-order chi connectivity index (χ1) is 9.29. The van der Waals surface area contributed by atoms with Crippen molar-refractivity contribution >= 4 is 29.6 Å². The SMILES string of the molecule is N[C@@H](CSCC[C@H](NC(=O)C(O)CO)C(=O)O)C(=O)O. The van der Waals surface area contributed by atoms with Crippen LogP contribution in [0.15, 0.2) is 0 Å². The summed E-state index contributed by atoms with van der Waals surface area (Å²) in [4.78, 5) is 32.6. The molecule has 10 heteroatoms. The van der Waals surface area contributed by atoms with Crippen molar-refractivity contribution < 1.29 is 34.8 Å². The van der Waals surface area contributed by atoms with E-state index < -0.39 is 42.6 Å². The zero-order valence-electron chi connectivity index (χ0n) is 10.6. The van der Waals surface area contributed by atoms with Crippen LogP contribution in [-0.4, -0.2) is 74.6 Å². The van der Waals surface area contributed by atoms with Crippen molar-refractivity contribution in [2.75, 3.05) is 18.1 Å². The maximum absolute atomic E-state index is 11.2. The van der Waals surface area contributed by atoms with Crippen LogP contribution in [0.5, 0.6) is 0 Å². The average Bonchev–Trinajstić information content (AvgIpc) is 2.39. The van der Waals surface area contributed by atoms with Gasteiger partial charge < -0.3 is 31.5 Å². The fourth-order valence-corrected chi connectivity index (χ4v) is 2.06. The third-order valence-electron chi connectivity index (χ3n) is 2.26. The van der Waals surface area contributed by atoms with E-state index in [0.29, 0.717) is 0 Å². The van der Waals surface area contributed by atoms with Crippen LogP contribution >= 0.6 is 11.8 Å². The molecule has 0 aromatic carbocycles. The Labute approximate surface area is 119 Å². The summed E-state index contributed by atoms with van der Waals surface area (Å²) in [6, 6.07) is -2.26. The molecule has 0 bridgehead atoms. The molecule has 116 valence electrons. The van der Waals surface area contributed by atoms with Gasteiger partial charge in [-0.15, -0.1) is 0 Å². The summed E-state index contributed by atoms with van der Waals surface area (Å²) < 4.78 is 0. The summed E-state index contributed by atoms with van der Waals surface area (Å²) in [5.41, 5.74) is 5.26. The van der Waals surface area contributed by atoms with Crippen molar-refractivity contribution in [3.63, 3.8) is 0 Å². The zero-order valence-corrected chi connectivity index (χ0v) is 11.4. The van der Waals surface area contributed by atoms with E-state index in [9.17, 15) is 14.4 Å². The average molecular weight is 310 g/mol. The monoisotopic (exact) mass is 310 g/mol. The highest BCUT2D eigenvalue weighted by atomic mass is 32.2. The summed E-state index contributed by atoms with van der Waals surface area (Å²) in [5, 5.41) is 37.1. The number of carbonyl (C=O) groups excluding carboxylic acids is 1. The first-order valence-electron chi connectivity index (χ1n) is 5.67. The molecule has 3 atom stereocenters. The highest BCUT2D eigenvalue weighted by Gasteiger charge is 2.23. The number of nitrogens with one attached hydrogen (secondary N) is 1. The van der Waals surface area contributed by atoms with Gasteiger partial charge in [0.25, 0.3) is 5.91 Å². The number of carbonyl (C=O) groups is 3. The van der Waals surface area contributed by atoms with E-state index in [1.165, 1.54) is 0 Å². The second-order valence-corrected chi connectivity index (χ2v) is 5.06. The molecule has 0 rings (SSSR count). The van der Waals surface area contributed by atoms with Crippen molar-refractivity contribution in [3.05, 3.63) is 0 Å². The molecule has 0 aromatic rings. The van der Waals surface area contributed by atoms with Crippen LogP contribution in [0.2, 0.25) is 0 Å². The Balaban J connectivity index is 4.13. The molecule has 9 nitrogen and oxygen atoms in total. The minimum atomic E-state index is -1.68. The van der Waals surface area contributed by atoms with Gasteiger partial charge >= 0.3 is 11.9 Å². The van der Waals surface area contributed by atoms with E-state index in [2.05, 4.69) is 5.32 Å². The number of carboxylic acids is 2. The molecule has 1 unspecified atom stereocenters. The Bertz CT molecular complexity index is 352. The number of carboxylic acid groups (broad SMARTS) is 2. The molecule has 0 saturated carbocycles. The Morgan fingerprint density at radius 2 is 1.80 bits per heavy atom. The van der Waals surface area contributed by atoms with Crippen LogP contribution in [0.3, 0.4) is 0 Å². The standard InChI is InChI=1S/C10H18N2O7S/c11-5(9(16)17)4-20-2-1-6(10(18)19)12-8(15)7(14)3-13/h5-7,13-14H,1-4,11H2,(H,12,15)(H,16,17)(H,18,19)/t5-,6-,7?/m0/s1. The number of hydrogen-bond acceptors (Lipinski definition) is 7. The quantitative estimate of drug-likeness (QED) is 0.237. The maximum atomic E-state index is 11.2. The Morgan fingerprint density at radius 3 is 2.25 bits per heavy atom. The third-order valence-corrected chi connectivity index (χ3v) is 3.37. The highest BCUT2D eigenvalue weighted by molar-refractivity contribution is 7.99. The van der Waals surface area contributed by atoms with Crippen molar-refractivity contribution in [2.24, 2.45) is 5.73 Å². The van der Waals surface area contributed by atoms with E-state index in [-0.39, 0.29) is 17.9 Å². The molecule has 0 spiro atoms. The molecule has 0 heterocycles. The normalized spacial score (nSPS) is 15.2. The molecular formula is C10H18N2O7S. The second-order valence-electron chi connectivity index (χ2n) is 3.91. The zero-order chi connectivity index (χ0) is 15.7. The maximum Gasteiger partial charge on any atom is 0.326 e. The lowest BCUT2D eigenvalue weighted by Gasteiger charge is -2.16. The summed E-state index contributed by atoms with van der Waals surface area (Å²) in [5.74, 6) is -3.02. The molecule has 0 aliphatic heterocycles. The Morgan fingerprint density at radius 1 is 1.20 bits per heavy atom. The van der Waals surface area contributed by atoms with Gasteiger partial charge in [-0.2, -0.15) is 11.8 Å². The van der Waals surface area contributed by atoms with Gasteiger partial charge in [0, 0.05) is 5.75 Å². The number of aliphatic carboxylic acids is 2. The third kappa shape index (κ3) is 7.28. The van der Waals surface area contributed by atoms with Gasteiger partial charge in [-0.3, -0.25) is 9.59 Å². The summed E-state index contributed by atoms with van der Waals surface area (Å²) in [7, 11) is 0. The predicted molar refractivity (Wildman–Crippen MR) is 70.2 cm³/mol. The largest absolute Gasteiger partial charge is 0.480 e. The van der Waals surface area contributed by atoms with E-state index in [1.807, 2.05) is 0 Å². The molecule has 0 radical (unpaired) electrons. The minimum Gasteiger partial charge on any atom is -0.480 e. The minimum absolute atomic E-state index is 0.0379. The molecule has 7 N–H and O–H groups in total. The van der Waals surface area contributed by atoms with E-state index in [1.54, 1.807) is 0 Å². The molecular weight excluding hydrogens is 292 g/mol. The van der Waals surface area contributed by atoms with Crippen LogP contribution in [-0.2, 0) is 14.4 Å². The van der Waals surface area contributed by atoms with Crippen LogP contribution in [0.4, 0.5) is 0 Å². The smallest absolute Gasteiger partial charge is 0.326 e. The lowest BCUT2D eigenvalue weighted by atomic mass is 10.2. The van der Waals surface area contributed by atoms with Gasteiger partial charge in [-0.25, -0.2) is 4.79 Å². The van der Waals surface area contributed by atoms with Crippen molar-refractivity contribution in [2.45, 2.75) is 24.6 Å². The molecule has 20 heavy (non-hydrogen) atoms. The van der Waals surface area contributed by atoms with Gasteiger partial charge in [0.05, 0.1) is 6.61 Å². The predicted octanol–water partition coefficient (Wildman–Crippen LogP) is -2.56. The van der Waals surface area contributed by atoms with Crippen LogP contribution < -0.4 is 11.1 Å². The topological polar surface area (TPSA) is 170 Å². The fraction of sp³-hybridized carbons (Fsp3) is 0.700. The lowest BCUT2D eigenvalue weighted by molar-refractivity contribution is -0.144. The van der Waals surface area contributed by atoms with E-state index >= 15 is 0 Å². The van der Waals surface area contributed by atoms with Gasteiger partial charge in [0.2, 0.25) is 0 Å². The fourth-order valence-electron chi connectivity index (χ4n) is 1.09. The summed E-state index contributed by atoms with van der Waals surface area (Å²) in [6.45, 7) is -0.805. The molecule has 0 aromatic heterocycles. The number of thioether (sulfide) groups is 1. The van der Waals surface area contributed by atoms with E-state index in [0.717, 1.165) is 11.8 Å². The van der Waals surface area contributed by atoms with Crippen molar-refractivity contribution in [3.8, 4) is 0 Å². The Kier molecular flexibility index (Phi) is 8.88. The van der Waals surface area contributed by atoms with Gasteiger partial charge in [0.15, 0.2) is 6.10 Å². The number of rotatable bonds is 10. The molecule has 0 fully saturated rings. The summed E-state index contributed by atoms with van der Waals surface area (Å²) in [6.07, 6.45) is -1.64. The van der Waals surface area contributed by atoms with Gasteiger partial charge in [0.1, 0.15) is 12.1 Å². The first-order valence-corrected chi connectivity index (χ1v) is 6.83. The van der Waals surface area contributed by atoms with Crippen LogP contribution in [0, 0.1) is 0 Å². The molecule has 0 saturated heterocycles. The first kappa shape index (κ1) is 18.6. The summed E-state index contributed by atoms with van der Waals surface area (Å²) >= 11 is 1.14. The number of hydrogen-bond donors (Lipinski definition) is 6. The van der Waals surface area contributed by atoms with Crippen molar-refractivity contribution in [1.29, 1.82) is 0 Å².